The molecule has 0 aliphatic carbocycles. The van der Waals surface area contributed by atoms with Crippen LogP contribution in [0.4, 0.5) is 10.8 Å². The molecule has 0 saturated carbocycles. The zero-order valence-corrected chi connectivity index (χ0v) is 20.3. The number of carbonyl (C=O) groups is 1. The van der Waals surface area contributed by atoms with Crippen molar-refractivity contribution in [1.82, 2.24) is 10.2 Å². The molecule has 2 N–H and O–H groups in total. The van der Waals surface area contributed by atoms with E-state index >= 15 is 0 Å². The summed E-state index contributed by atoms with van der Waals surface area (Å²) in [6, 6.07) is 9.33. The monoisotopic (exact) mass is 496 g/mol. The van der Waals surface area contributed by atoms with Gasteiger partial charge in [-0.2, -0.15) is 0 Å². The lowest BCUT2D eigenvalue weighted by Crippen LogP contribution is -2.16. The lowest BCUT2D eigenvalue weighted by Gasteiger charge is -2.12. The van der Waals surface area contributed by atoms with Gasteiger partial charge in [0.15, 0.2) is 4.34 Å². The zero-order chi connectivity index (χ0) is 22.6. The van der Waals surface area contributed by atoms with E-state index in [0.29, 0.717) is 10.8 Å². The van der Waals surface area contributed by atoms with Gasteiger partial charge < -0.3 is 0 Å². The third-order valence-electron chi connectivity index (χ3n) is 4.30. The van der Waals surface area contributed by atoms with Crippen molar-refractivity contribution < 1.29 is 13.2 Å². The topological polar surface area (TPSA) is 101 Å². The Morgan fingerprint density at radius 2 is 1.90 bits per heavy atom. The van der Waals surface area contributed by atoms with E-state index in [1.54, 1.807) is 23.9 Å². The van der Waals surface area contributed by atoms with E-state index < -0.39 is 15.9 Å². The number of hydrogen-bond acceptors (Lipinski definition) is 7. The molecule has 11 heteroatoms. The highest BCUT2D eigenvalue weighted by atomic mass is 35.5. The summed E-state index contributed by atoms with van der Waals surface area (Å²) in [6.45, 7) is 5.90. The number of hydrogen-bond donors (Lipinski definition) is 2. The van der Waals surface area contributed by atoms with Crippen molar-refractivity contribution in [2.45, 2.75) is 36.4 Å². The van der Waals surface area contributed by atoms with Crippen LogP contribution in [0.2, 0.25) is 5.02 Å². The second-order valence-corrected chi connectivity index (χ2v) is 11.1. The molecule has 0 aliphatic heterocycles. The smallest absolute Gasteiger partial charge is 0.263 e. The van der Waals surface area contributed by atoms with Gasteiger partial charge >= 0.3 is 0 Å². The maximum atomic E-state index is 12.9. The predicted molar refractivity (Wildman–Crippen MR) is 127 cm³/mol. The molecule has 0 spiro atoms. The summed E-state index contributed by atoms with van der Waals surface area (Å²) in [6.07, 6.45) is 1.00. The van der Waals surface area contributed by atoms with Crippen LogP contribution in [0.25, 0.3) is 0 Å². The molecule has 1 aromatic heterocycles. The molecule has 0 radical (unpaired) electrons. The number of amides is 1. The van der Waals surface area contributed by atoms with Gasteiger partial charge in [-0.1, -0.05) is 47.7 Å². The average molecular weight is 497 g/mol. The first-order valence-corrected chi connectivity index (χ1v) is 13.0. The molecule has 0 bridgehead atoms. The van der Waals surface area contributed by atoms with Gasteiger partial charge in [0.25, 0.3) is 15.9 Å². The first-order chi connectivity index (χ1) is 14.7. The quantitative estimate of drug-likeness (QED) is 0.321. The first-order valence-electron chi connectivity index (χ1n) is 9.37. The van der Waals surface area contributed by atoms with Crippen molar-refractivity contribution >= 4 is 61.4 Å². The molecule has 1 amide bonds. The molecule has 0 saturated heterocycles. The number of aromatic nitrogens is 2. The van der Waals surface area contributed by atoms with E-state index in [2.05, 4.69) is 27.2 Å². The summed E-state index contributed by atoms with van der Waals surface area (Å²) >= 11 is 8.97. The summed E-state index contributed by atoms with van der Waals surface area (Å²) < 4.78 is 29.1. The van der Waals surface area contributed by atoms with E-state index in [1.807, 2.05) is 19.9 Å². The number of nitrogens with one attached hydrogen (secondary N) is 2. The summed E-state index contributed by atoms with van der Waals surface area (Å²) in [5.41, 5.74) is 2.56. The summed E-state index contributed by atoms with van der Waals surface area (Å²) in [4.78, 5) is 12.4. The number of aryl methyl sites for hydroxylation is 2. The standard InChI is InChI=1S/C20H21ClN4O3S3/c1-4-9-29-20-24-23-19(30-20)22-18(26)14-6-8-16(21)17(11-14)31(27,28)25-15-7-5-12(2)13(3)10-15/h5-8,10-11,25H,4,9H2,1-3H3,(H,22,23,26). The van der Waals surface area contributed by atoms with Crippen LogP contribution in [0.3, 0.4) is 0 Å². The van der Waals surface area contributed by atoms with Crippen LogP contribution in [0, 0.1) is 13.8 Å². The maximum absolute atomic E-state index is 12.9. The van der Waals surface area contributed by atoms with Crippen molar-refractivity contribution in [1.29, 1.82) is 0 Å². The summed E-state index contributed by atoms with van der Waals surface area (Å²) in [7, 11) is -4.00. The highest BCUT2D eigenvalue weighted by Crippen LogP contribution is 2.28. The Morgan fingerprint density at radius 3 is 2.61 bits per heavy atom. The largest absolute Gasteiger partial charge is 0.296 e. The van der Waals surface area contributed by atoms with Crippen LogP contribution >= 0.6 is 34.7 Å². The second kappa shape index (κ2) is 9.99. The number of anilines is 2. The maximum Gasteiger partial charge on any atom is 0.263 e. The molecule has 0 aliphatic rings. The molecule has 3 aromatic rings. The normalized spacial score (nSPS) is 11.4. The number of thioether (sulfide) groups is 1. The van der Waals surface area contributed by atoms with Gasteiger partial charge in [-0.25, -0.2) is 8.42 Å². The molecule has 1 heterocycles. The molecule has 7 nitrogen and oxygen atoms in total. The fraction of sp³-hybridized carbons (Fsp3) is 0.250. The van der Waals surface area contributed by atoms with Crippen LogP contribution in [-0.4, -0.2) is 30.3 Å². The highest BCUT2D eigenvalue weighted by Gasteiger charge is 2.21. The summed E-state index contributed by atoms with van der Waals surface area (Å²) in [5.74, 6) is 0.414. The Balaban J connectivity index is 1.80. The number of carbonyl (C=O) groups excluding carboxylic acids is 1. The van der Waals surface area contributed by atoms with E-state index in [4.69, 9.17) is 11.6 Å². The molecule has 2 aromatic carbocycles. The fourth-order valence-corrected chi connectivity index (χ4v) is 5.79. The Bertz CT molecular complexity index is 1210. The molecule has 0 unspecified atom stereocenters. The van der Waals surface area contributed by atoms with E-state index in [1.165, 1.54) is 29.5 Å². The van der Waals surface area contributed by atoms with Crippen molar-refractivity contribution in [2.75, 3.05) is 15.8 Å². The van der Waals surface area contributed by atoms with Crippen LogP contribution in [0.5, 0.6) is 0 Å². The number of benzene rings is 2. The fourth-order valence-electron chi connectivity index (χ4n) is 2.54. The minimum Gasteiger partial charge on any atom is -0.296 e. The molecular weight excluding hydrogens is 476 g/mol. The van der Waals surface area contributed by atoms with Crippen LogP contribution in [-0.2, 0) is 10.0 Å². The number of rotatable bonds is 8. The Kier molecular flexibility index (Phi) is 7.58. The van der Waals surface area contributed by atoms with Gasteiger partial charge in [-0.05, 0) is 61.7 Å². The SMILES string of the molecule is CCCSc1nnc(NC(=O)c2ccc(Cl)c(S(=O)(=O)Nc3ccc(C)c(C)c3)c2)s1. The lowest BCUT2D eigenvalue weighted by atomic mass is 10.1. The minimum absolute atomic E-state index is 0.0158. The molecular formula is C20H21ClN4O3S3. The van der Waals surface area contributed by atoms with E-state index in [-0.39, 0.29) is 15.5 Å². The number of halogens is 1. The van der Waals surface area contributed by atoms with Crippen molar-refractivity contribution in [2.24, 2.45) is 0 Å². The van der Waals surface area contributed by atoms with E-state index in [9.17, 15) is 13.2 Å². The van der Waals surface area contributed by atoms with Crippen LogP contribution in [0.1, 0.15) is 34.8 Å². The van der Waals surface area contributed by atoms with Crippen LogP contribution in [0.15, 0.2) is 45.6 Å². The van der Waals surface area contributed by atoms with Gasteiger partial charge in [0.05, 0.1) is 5.02 Å². The third kappa shape index (κ3) is 5.97. The van der Waals surface area contributed by atoms with Gasteiger partial charge in [0, 0.05) is 17.0 Å². The van der Waals surface area contributed by atoms with Gasteiger partial charge in [0.1, 0.15) is 4.90 Å². The minimum atomic E-state index is -4.00. The van der Waals surface area contributed by atoms with E-state index in [0.717, 1.165) is 27.6 Å². The molecule has 164 valence electrons. The second-order valence-electron chi connectivity index (χ2n) is 6.73. The highest BCUT2D eigenvalue weighted by molar-refractivity contribution is 8.01. The number of sulfonamides is 1. The molecule has 31 heavy (non-hydrogen) atoms. The third-order valence-corrected chi connectivity index (χ3v) is 8.34. The van der Waals surface area contributed by atoms with Crippen molar-refractivity contribution in [3.8, 4) is 0 Å². The van der Waals surface area contributed by atoms with Gasteiger partial charge in [-0.3, -0.25) is 14.8 Å². The van der Waals surface area contributed by atoms with Crippen molar-refractivity contribution in [3.05, 3.63) is 58.1 Å². The van der Waals surface area contributed by atoms with Gasteiger partial charge in [-0.15, -0.1) is 10.2 Å². The lowest BCUT2D eigenvalue weighted by molar-refractivity contribution is 0.102. The van der Waals surface area contributed by atoms with Gasteiger partial charge in [0.2, 0.25) is 5.13 Å². The average Bonchev–Trinajstić information content (AvgIpc) is 3.16. The van der Waals surface area contributed by atoms with Crippen LogP contribution < -0.4 is 10.0 Å². The summed E-state index contributed by atoms with van der Waals surface area (Å²) in [5, 5.41) is 11.0. The molecule has 0 fully saturated rings. The molecule has 0 atom stereocenters. The Hall–Kier alpha value is -2.14. The number of nitrogens with zero attached hydrogens (tertiary/aromatic N) is 2. The first kappa shape index (κ1) is 23.5. The Labute approximate surface area is 194 Å². The van der Waals surface area contributed by atoms with Crippen molar-refractivity contribution in [3.63, 3.8) is 0 Å². The predicted octanol–water partition coefficient (Wildman–Crippen LogP) is 5.36. The zero-order valence-electron chi connectivity index (χ0n) is 17.1. The Morgan fingerprint density at radius 1 is 1.13 bits per heavy atom. The molecule has 3 rings (SSSR count).